The largest absolute Gasteiger partial charge is 0.335 e. The lowest BCUT2D eigenvalue weighted by atomic mass is 10.2. The highest BCUT2D eigenvalue weighted by atomic mass is 35.5. The number of halogens is 2. The Bertz CT molecular complexity index is 408. The van der Waals surface area contributed by atoms with Crippen LogP contribution in [0.3, 0.4) is 0 Å². The number of hydrogen-bond acceptors (Lipinski definition) is 3. The van der Waals surface area contributed by atoms with Crippen LogP contribution in [0.25, 0.3) is 0 Å². The van der Waals surface area contributed by atoms with Gasteiger partial charge in [0.2, 0.25) is 0 Å². The lowest BCUT2D eigenvalue weighted by Gasteiger charge is -2.19. The molecular formula is C11H11Cl2N3O. The van der Waals surface area contributed by atoms with Gasteiger partial charge >= 0.3 is 0 Å². The van der Waals surface area contributed by atoms with Crippen LogP contribution in [0.2, 0.25) is 0 Å². The van der Waals surface area contributed by atoms with Crippen molar-refractivity contribution in [3.05, 3.63) is 29.6 Å². The summed E-state index contributed by atoms with van der Waals surface area (Å²) in [6.45, 7) is 0.851. The van der Waals surface area contributed by atoms with E-state index in [1.165, 1.54) is 17.2 Å². The molecule has 0 atom stereocenters. The molecule has 4 nitrogen and oxygen atoms in total. The number of carbonyl (C=O) groups excluding carboxylic acids is 1. The number of alkyl halides is 2. The molecule has 0 aliphatic carbocycles. The van der Waals surface area contributed by atoms with Gasteiger partial charge in [0.15, 0.2) is 0 Å². The average molecular weight is 272 g/mol. The molecule has 0 bridgehead atoms. The summed E-state index contributed by atoms with van der Waals surface area (Å²) < 4.78 is 0. The molecule has 17 heavy (non-hydrogen) atoms. The summed E-state index contributed by atoms with van der Waals surface area (Å²) in [5.41, 5.74) is 0.710. The van der Waals surface area contributed by atoms with E-state index in [-0.39, 0.29) is 5.91 Å². The third-order valence-electron chi connectivity index (χ3n) is 2.11. The van der Waals surface area contributed by atoms with Crippen molar-refractivity contribution in [3.63, 3.8) is 0 Å². The van der Waals surface area contributed by atoms with Crippen molar-refractivity contribution in [2.24, 2.45) is 0 Å². The van der Waals surface area contributed by atoms with E-state index >= 15 is 0 Å². The molecule has 0 aromatic carbocycles. The maximum Gasteiger partial charge on any atom is 0.272 e. The molecule has 0 fully saturated rings. The SMILES string of the molecule is N#Cc1ccc(C(=O)N(CCCl)CCCl)nc1. The van der Waals surface area contributed by atoms with E-state index in [0.29, 0.717) is 36.1 Å². The van der Waals surface area contributed by atoms with Crippen LogP contribution < -0.4 is 0 Å². The average Bonchev–Trinajstić information content (AvgIpc) is 2.38. The fourth-order valence-electron chi connectivity index (χ4n) is 1.27. The quantitative estimate of drug-likeness (QED) is 0.769. The molecule has 0 N–H and O–H groups in total. The van der Waals surface area contributed by atoms with Crippen LogP contribution in [0.1, 0.15) is 16.1 Å². The summed E-state index contributed by atoms with van der Waals surface area (Å²) in [5.74, 6) is 0.466. The Morgan fingerprint density at radius 1 is 1.35 bits per heavy atom. The minimum atomic E-state index is -0.226. The second-order valence-corrected chi connectivity index (χ2v) is 3.97. The van der Waals surface area contributed by atoms with Crippen LogP contribution in [0.15, 0.2) is 18.3 Å². The zero-order chi connectivity index (χ0) is 12.7. The normalized spacial score (nSPS) is 9.71. The first kappa shape index (κ1) is 13.8. The van der Waals surface area contributed by atoms with Crippen molar-refractivity contribution in [1.29, 1.82) is 5.26 Å². The van der Waals surface area contributed by atoms with Crippen molar-refractivity contribution in [1.82, 2.24) is 9.88 Å². The highest BCUT2D eigenvalue weighted by Gasteiger charge is 2.15. The van der Waals surface area contributed by atoms with Gasteiger partial charge in [0.1, 0.15) is 11.8 Å². The Hall–Kier alpha value is -1.31. The first-order chi connectivity index (χ1) is 8.22. The maximum absolute atomic E-state index is 12.0. The number of pyridine rings is 1. The van der Waals surface area contributed by atoms with Crippen molar-refractivity contribution < 1.29 is 4.79 Å². The Labute approximate surface area is 110 Å². The topological polar surface area (TPSA) is 57.0 Å². The number of carbonyl (C=O) groups is 1. The first-order valence-corrected chi connectivity index (χ1v) is 6.07. The Kier molecular flexibility index (Phi) is 5.75. The van der Waals surface area contributed by atoms with E-state index in [4.69, 9.17) is 28.5 Å². The van der Waals surface area contributed by atoms with E-state index in [1.807, 2.05) is 6.07 Å². The van der Waals surface area contributed by atoms with Gasteiger partial charge in [-0.3, -0.25) is 4.79 Å². The lowest BCUT2D eigenvalue weighted by Crippen LogP contribution is -2.34. The smallest absolute Gasteiger partial charge is 0.272 e. The summed E-state index contributed by atoms with van der Waals surface area (Å²) in [7, 11) is 0. The molecule has 1 rings (SSSR count). The number of aromatic nitrogens is 1. The molecule has 90 valence electrons. The van der Waals surface area contributed by atoms with Crippen molar-refractivity contribution >= 4 is 29.1 Å². The van der Waals surface area contributed by atoms with Crippen LogP contribution in [0.4, 0.5) is 0 Å². The van der Waals surface area contributed by atoms with Crippen LogP contribution in [-0.2, 0) is 0 Å². The van der Waals surface area contributed by atoms with Gasteiger partial charge in [-0.2, -0.15) is 5.26 Å². The molecule has 0 aliphatic heterocycles. The summed E-state index contributed by atoms with van der Waals surface area (Å²) >= 11 is 11.2. The highest BCUT2D eigenvalue weighted by Crippen LogP contribution is 2.04. The van der Waals surface area contributed by atoms with Crippen molar-refractivity contribution in [2.45, 2.75) is 0 Å². The second kappa shape index (κ2) is 7.10. The van der Waals surface area contributed by atoms with Gasteiger partial charge in [-0.15, -0.1) is 23.2 Å². The first-order valence-electron chi connectivity index (χ1n) is 5.00. The zero-order valence-corrected chi connectivity index (χ0v) is 10.6. The van der Waals surface area contributed by atoms with Gasteiger partial charge in [0.05, 0.1) is 5.56 Å². The number of nitrogens with zero attached hydrogens (tertiary/aromatic N) is 3. The van der Waals surface area contributed by atoms with Gasteiger partial charge in [-0.25, -0.2) is 4.98 Å². The molecule has 0 radical (unpaired) electrons. The zero-order valence-electron chi connectivity index (χ0n) is 9.07. The second-order valence-electron chi connectivity index (χ2n) is 3.21. The van der Waals surface area contributed by atoms with Crippen LogP contribution >= 0.6 is 23.2 Å². The minimum Gasteiger partial charge on any atom is -0.335 e. The standard InChI is InChI=1S/C11H11Cl2N3O/c12-3-5-16(6-4-13)11(17)10-2-1-9(7-14)8-15-10/h1-2,8H,3-6H2. The number of amides is 1. The van der Waals surface area contributed by atoms with E-state index in [2.05, 4.69) is 4.98 Å². The van der Waals surface area contributed by atoms with Gasteiger partial charge in [0, 0.05) is 31.0 Å². The van der Waals surface area contributed by atoms with Crippen molar-refractivity contribution in [3.8, 4) is 6.07 Å². The molecule has 0 aliphatic rings. The van der Waals surface area contributed by atoms with E-state index in [9.17, 15) is 4.79 Å². The van der Waals surface area contributed by atoms with E-state index in [0.717, 1.165) is 0 Å². The Morgan fingerprint density at radius 2 is 2.00 bits per heavy atom. The predicted octanol–water partition coefficient (Wildman–Crippen LogP) is 1.87. The fourth-order valence-corrected chi connectivity index (χ4v) is 1.68. The van der Waals surface area contributed by atoms with Gasteiger partial charge in [0.25, 0.3) is 5.91 Å². The molecule has 1 amide bonds. The predicted molar refractivity (Wildman–Crippen MR) is 66.3 cm³/mol. The number of rotatable bonds is 5. The van der Waals surface area contributed by atoms with E-state index < -0.39 is 0 Å². The summed E-state index contributed by atoms with van der Waals surface area (Å²) in [5, 5.41) is 8.62. The molecule has 0 spiro atoms. The lowest BCUT2D eigenvalue weighted by molar-refractivity contribution is 0.0769. The molecule has 1 heterocycles. The van der Waals surface area contributed by atoms with Gasteiger partial charge in [-0.1, -0.05) is 0 Å². The molecule has 1 aromatic rings. The third-order valence-corrected chi connectivity index (χ3v) is 2.45. The third kappa shape index (κ3) is 3.88. The molecule has 0 unspecified atom stereocenters. The van der Waals surface area contributed by atoms with E-state index in [1.54, 1.807) is 6.07 Å². The summed E-state index contributed by atoms with van der Waals surface area (Å²) in [4.78, 5) is 17.5. The summed E-state index contributed by atoms with van der Waals surface area (Å²) in [6, 6.07) is 5.02. The van der Waals surface area contributed by atoms with Gasteiger partial charge < -0.3 is 4.90 Å². The molecule has 0 saturated carbocycles. The van der Waals surface area contributed by atoms with Crippen LogP contribution in [-0.4, -0.2) is 40.6 Å². The van der Waals surface area contributed by atoms with Gasteiger partial charge in [-0.05, 0) is 12.1 Å². The number of nitriles is 1. The minimum absolute atomic E-state index is 0.226. The highest BCUT2D eigenvalue weighted by molar-refractivity contribution is 6.18. The Morgan fingerprint density at radius 3 is 2.41 bits per heavy atom. The molecule has 6 heteroatoms. The molecular weight excluding hydrogens is 261 g/mol. The van der Waals surface area contributed by atoms with Crippen LogP contribution in [0, 0.1) is 11.3 Å². The van der Waals surface area contributed by atoms with Crippen molar-refractivity contribution in [2.75, 3.05) is 24.8 Å². The Balaban J connectivity index is 2.81. The maximum atomic E-state index is 12.0. The molecule has 1 aromatic heterocycles. The monoisotopic (exact) mass is 271 g/mol. The molecule has 0 saturated heterocycles. The summed E-state index contributed by atoms with van der Waals surface area (Å²) in [6.07, 6.45) is 1.37. The van der Waals surface area contributed by atoms with Crippen LogP contribution in [0.5, 0.6) is 0 Å². The fraction of sp³-hybridized carbons (Fsp3) is 0.364. The number of hydrogen-bond donors (Lipinski definition) is 0.